The van der Waals surface area contributed by atoms with Crippen LogP contribution in [0.3, 0.4) is 0 Å². The summed E-state index contributed by atoms with van der Waals surface area (Å²) in [6.45, 7) is 6.49. The molecule has 0 unspecified atom stereocenters. The number of rotatable bonds is 1. The van der Waals surface area contributed by atoms with Crippen molar-refractivity contribution in [1.29, 1.82) is 0 Å². The van der Waals surface area contributed by atoms with Gasteiger partial charge in [0, 0.05) is 25.0 Å². The lowest BCUT2D eigenvalue weighted by molar-refractivity contribution is 0.360. The van der Waals surface area contributed by atoms with Gasteiger partial charge >= 0.3 is 0 Å². The molecule has 0 N–H and O–H groups in total. The van der Waals surface area contributed by atoms with E-state index < -0.39 is 0 Å². The van der Waals surface area contributed by atoms with Crippen LogP contribution in [0.5, 0.6) is 0 Å². The van der Waals surface area contributed by atoms with Crippen LogP contribution in [-0.4, -0.2) is 52.5 Å². The molecule has 1 aliphatic heterocycles. The van der Waals surface area contributed by atoms with Gasteiger partial charge < -0.3 is 9.80 Å². The summed E-state index contributed by atoms with van der Waals surface area (Å²) in [6, 6.07) is 14.8. The summed E-state index contributed by atoms with van der Waals surface area (Å²) in [6.07, 6.45) is 1.17. The van der Waals surface area contributed by atoms with Crippen molar-refractivity contribution < 1.29 is 0 Å². The molecule has 4 aromatic rings. The zero-order valence-corrected chi connectivity index (χ0v) is 15.3. The fourth-order valence-electron chi connectivity index (χ4n) is 4.04. The van der Waals surface area contributed by atoms with Crippen LogP contribution in [0.15, 0.2) is 42.5 Å². The Hall–Kier alpha value is -2.66. The number of para-hydroxylation sites is 2. The summed E-state index contributed by atoms with van der Waals surface area (Å²) in [5.41, 5.74) is 5.32. The van der Waals surface area contributed by atoms with Crippen LogP contribution in [0.25, 0.3) is 27.7 Å². The maximum atomic E-state index is 5.15. The Morgan fingerprint density at radius 1 is 0.923 bits per heavy atom. The molecular weight excluding hydrogens is 322 g/mol. The Balaban J connectivity index is 1.75. The third-order valence-corrected chi connectivity index (χ3v) is 5.42. The Labute approximate surface area is 152 Å². The molecule has 1 aliphatic rings. The molecule has 1 fully saturated rings. The SMILES string of the molecule is Cc1cc2ccc3nc4ccccc4n3c2nc1N1CCCN(C)CC1. The average Bonchev–Trinajstić information content (AvgIpc) is 2.89. The predicted molar refractivity (Wildman–Crippen MR) is 107 cm³/mol. The molecule has 0 atom stereocenters. The summed E-state index contributed by atoms with van der Waals surface area (Å²) in [5.74, 6) is 1.11. The van der Waals surface area contributed by atoms with Crippen molar-refractivity contribution in [2.24, 2.45) is 0 Å². The van der Waals surface area contributed by atoms with Crippen molar-refractivity contribution in [3.05, 3.63) is 48.0 Å². The molecule has 1 saturated heterocycles. The van der Waals surface area contributed by atoms with Gasteiger partial charge in [0.25, 0.3) is 0 Å². The molecule has 5 nitrogen and oxygen atoms in total. The van der Waals surface area contributed by atoms with Gasteiger partial charge in [0.1, 0.15) is 17.1 Å². The van der Waals surface area contributed by atoms with Crippen LogP contribution in [-0.2, 0) is 0 Å². The zero-order chi connectivity index (χ0) is 17.7. The molecule has 5 rings (SSSR count). The highest BCUT2D eigenvalue weighted by atomic mass is 15.2. The second kappa shape index (κ2) is 5.95. The lowest BCUT2D eigenvalue weighted by atomic mass is 10.2. The topological polar surface area (TPSA) is 36.7 Å². The Morgan fingerprint density at radius 2 is 1.81 bits per heavy atom. The first-order chi connectivity index (χ1) is 12.7. The number of fused-ring (bicyclic) bond motifs is 5. The summed E-state index contributed by atoms with van der Waals surface area (Å²) < 4.78 is 2.19. The molecule has 0 radical (unpaired) electrons. The van der Waals surface area contributed by atoms with Gasteiger partial charge in [-0.2, -0.15) is 0 Å². The van der Waals surface area contributed by atoms with Gasteiger partial charge in [-0.25, -0.2) is 9.97 Å². The molecule has 0 bridgehead atoms. The summed E-state index contributed by atoms with van der Waals surface area (Å²) >= 11 is 0. The quantitative estimate of drug-likeness (QED) is 0.529. The fourth-order valence-corrected chi connectivity index (χ4v) is 4.04. The highest BCUT2D eigenvalue weighted by molar-refractivity contribution is 5.89. The van der Waals surface area contributed by atoms with E-state index in [0.717, 1.165) is 59.7 Å². The van der Waals surface area contributed by atoms with Gasteiger partial charge in [0.05, 0.1) is 11.0 Å². The summed E-state index contributed by atoms with van der Waals surface area (Å²) in [4.78, 5) is 14.7. The number of nitrogens with zero attached hydrogens (tertiary/aromatic N) is 5. The van der Waals surface area contributed by atoms with E-state index in [1.54, 1.807) is 0 Å². The second-order valence-electron chi connectivity index (χ2n) is 7.31. The highest BCUT2D eigenvalue weighted by Gasteiger charge is 2.17. The number of anilines is 1. The number of pyridine rings is 2. The molecule has 0 spiro atoms. The van der Waals surface area contributed by atoms with Crippen molar-refractivity contribution in [1.82, 2.24) is 19.3 Å². The number of hydrogen-bond acceptors (Lipinski definition) is 4. The van der Waals surface area contributed by atoms with Gasteiger partial charge in [-0.1, -0.05) is 12.1 Å². The smallest absolute Gasteiger partial charge is 0.148 e. The molecule has 3 aromatic heterocycles. The minimum atomic E-state index is 0.955. The van der Waals surface area contributed by atoms with Gasteiger partial charge in [-0.3, -0.25) is 4.40 Å². The van der Waals surface area contributed by atoms with E-state index in [4.69, 9.17) is 9.97 Å². The van der Waals surface area contributed by atoms with Crippen molar-refractivity contribution in [3.8, 4) is 0 Å². The number of imidazole rings is 1. The third-order valence-electron chi connectivity index (χ3n) is 5.42. The average molecular weight is 345 g/mol. The largest absolute Gasteiger partial charge is 0.355 e. The maximum Gasteiger partial charge on any atom is 0.148 e. The molecule has 4 heterocycles. The minimum absolute atomic E-state index is 0.955. The van der Waals surface area contributed by atoms with E-state index in [-0.39, 0.29) is 0 Å². The summed E-state index contributed by atoms with van der Waals surface area (Å²) in [7, 11) is 2.20. The van der Waals surface area contributed by atoms with Gasteiger partial charge in [-0.05, 0) is 62.8 Å². The zero-order valence-electron chi connectivity index (χ0n) is 15.3. The monoisotopic (exact) mass is 345 g/mol. The molecule has 1 aromatic carbocycles. The van der Waals surface area contributed by atoms with Gasteiger partial charge in [0.15, 0.2) is 0 Å². The number of aryl methyl sites for hydroxylation is 1. The molecule has 0 saturated carbocycles. The standard InChI is InChI=1S/C21H23N5/c1-15-14-16-8-9-19-22-17-6-3-4-7-18(17)26(19)21(16)23-20(15)25-11-5-10-24(2)12-13-25/h3-4,6-9,14H,5,10-13H2,1-2H3. The molecule has 26 heavy (non-hydrogen) atoms. The first-order valence-corrected chi connectivity index (χ1v) is 9.32. The molecule has 5 heteroatoms. The minimum Gasteiger partial charge on any atom is -0.355 e. The van der Waals surface area contributed by atoms with Crippen LogP contribution in [0.2, 0.25) is 0 Å². The lowest BCUT2D eigenvalue weighted by Gasteiger charge is -2.24. The first kappa shape index (κ1) is 15.6. The van der Waals surface area contributed by atoms with Crippen LogP contribution in [0.1, 0.15) is 12.0 Å². The van der Waals surface area contributed by atoms with Gasteiger partial charge in [-0.15, -0.1) is 0 Å². The van der Waals surface area contributed by atoms with Crippen LogP contribution >= 0.6 is 0 Å². The van der Waals surface area contributed by atoms with E-state index in [0.29, 0.717) is 0 Å². The van der Waals surface area contributed by atoms with Gasteiger partial charge in [0.2, 0.25) is 0 Å². The number of aromatic nitrogens is 3. The highest BCUT2D eigenvalue weighted by Crippen LogP contribution is 2.27. The van der Waals surface area contributed by atoms with Crippen molar-refractivity contribution in [3.63, 3.8) is 0 Å². The van der Waals surface area contributed by atoms with Crippen molar-refractivity contribution >= 4 is 33.5 Å². The summed E-state index contributed by atoms with van der Waals surface area (Å²) in [5, 5.41) is 1.16. The third kappa shape index (κ3) is 2.42. The predicted octanol–water partition coefficient (Wildman–Crippen LogP) is 3.49. The fraction of sp³-hybridized carbons (Fsp3) is 0.333. The number of benzene rings is 1. The van der Waals surface area contributed by atoms with E-state index in [1.807, 2.05) is 6.07 Å². The van der Waals surface area contributed by atoms with E-state index in [2.05, 4.69) is 64.6 Å². The van der Waals surface area contributed by atoms with Crippen LogP contribution in [0.4, 0.5) is 5.82 Å². The number of likely N-dealkylation sites (N-methyl/N-ethyl adjacent to an activating group) is 1. The molecule has 132 valence electrons. The normalized spacial score (nSPS) is 16.6. The maximum absolute atomic E-state index is 5.15. The number of hydrogen-bond donors (Lipinski definition) is 0. The molecular formula is C21H23N5. The van der Waals surface area contributed by atoms with Crippen LogP contribution in [0, 0.1) is 6.92 Å². The van der Waals surface area contributed by atoms with E-state index >= 15 is 0 Å². The molecule has 0 amide bonds. The van der Waals surface area contributed by atoms with Crippen molar-refractivity contribution in [2.75, 3.05) is 38.1 Å². The Kier molecular flexibility index (Phi) is 3.57. The van der Waals surface area contributed by atoms with Crippen molar-refractivity contribution in [2.45, 2.75) is 13.3 Å². The van der Waals surface area contributed by atoms with E-state index in [1.165, 1.54) is 12.0 Å². The molecule has 0 aliphatic carbocycles. The Morgan fingerprint density at radius 3 is 2.73 bits per heavy atom. The first-order valence-electron chi connectivity index (χ1n) is 9.32. The van der Waals surface area contributed by atoms with E-state index in [9.17, 15) is 0 Å². The lowest BCUT2D eigenvalue weighted by Crippen LogP contribution is -2.30. The van der Waals surface area contributed by atoms with Crippen LogP contribution < -0.4 is 4.90 Å². The second-order valence-corrected chi connectivity index (χ2v) is 7.31. The Bertz CT molecular complexity index is 1110.